The minimum atomic E-state index is -0.210. The van der Waals surface area contributed by atoms with Crippen LogP contribution in [0.2, 0.25) is 0 Å². The summed E-state index contributed by atoms with van der Waals surface area (Å²) in [5.41, 5.74) is 12.0. The molecule has 0 aromatic heterocycles. The predicted octanol–water partition coefficient (Wildman–Crippen LogP) is -1.22. The molecular weight excluding hydrogens is 144 g/mol. The third-order valence-electron chi connectivity index (χ3n) is 0.402. The molecule has 0 aliphatic heterocycles. The molecule has 9 heavy (non-hydrogen) atoms. The second-order valence-electron chi connectivity index (χ2n) is 1.15. The molecule has 6 heteroatoms. The van der Waals surface area contributed by atoms with Crippen LogP contribution in [-0.4, -0.2) is 19.1 Å². The van der Waals surface area contributed by atoms with Crippen LogP contribution in [0.3, 0.4) is 0 Å². The lowest BCUT2D eigenvalue weighted by molar-refractivity contribution is 0.0902. The standard InChI is InChI=1S/C3H10N4O.ClH/c4-1-2-8-7-3(5)6;/h1-2,4H2,(H4,5,6,7);1H. The number of nitrogens with one attached hydrogen (secondary N) is 2. The maximum Gasteiger partial charge on any atom is 0.210 e. The number of hydroxylamine groups is 1. The minimum Gasteiger partial charge on any atom is -0.368 e. The van der Waals surface area contributed by atoms with E-state index in [0.29, 0.717) is 13.2 Å². The van der Waals surface area contributed by atoms with Crippen molar-refractivity contribution in [3.8, 4) is 0 Å². The molecule has 0 unspecified atom stereocenters. The number of nitrogens with two attached hydrogens (primary N) is 2. The lowest BCUT2D eigenvalue weighted by Crippen LogP contribution is -2.31. The first-order valence-corrected chi connectivity index (χ1v) is 2.19. The summed E-state index contributed by atoms with van der Waals surface area (Å²) in [6.07, 6.45) is 0. The number of hydrogen-bond donors (Lipinski definition) is 4. The van der Waals surface area contributed by atoms with Crippen molar-refractivity contribution in [3.63, 3.8) is 0 Å². The monoisotopic (exact) mass is 154 g/mol. The molecule has 0 aromatic carbocycles. The second-order valence-corrected chi connectivity index (χ2v) is 1.15. The largest absolute Gasteiger partial charge is 0.368 e. The van der Waals surface area contributed by atoms with Gasteiger partial charge in [-0.15, -0.1) is 12.4 Å². The highest BCUT2D eigenvalue weighted by Crippen LogP contribution is 1.58. The first-order chi connectivity index (χ1) is 3.77. The van der Waals surface area contributed by atoms with Gasteiger partial charge in [0.05, 0.1) is 6.61 Å². The van der Waals surface area contributed by atoms with Crippen LogP contribution in [0.5, 0.6) is 0 Å². The second kappa shape index (κ2) is 7.48. The van der Waals surface area contributed by atoms with Crippen LogP contribution < -0.4 is 16.9 Å². The molecular formula is C3H11ClN4O. The van der Waals surface area contributed by atoms with Gasteiger partial charge in [0.2, 0.25) is 5.96 Å². The van der Waals surface area contributed by atoms with Crippen LogP contribution in [0, 0.1) is 5.41 Å². The average Bonchev–Trinajstić information content (AvgIpc) is 1.66. The Morgan fingerprint density at radius 3 is 2.56 bits per heavy atom. The maximum absolute atomic E-state index is 6.57. The third-order valence-corrected chi connectivity index (χ3v) is 0.402. The Morgan fingerprint density at radius 1 is 1.67 bits per heavy atom. The molecule has 5 nitrogen and oxygen atoms in total. The van der Waals surface area contributed by atoms with E-state index in [9.17, 15) is 0 Å². The summed E-state index contributed by atoms with van der Waals surface area (Å²) < 4.78 is 0. The Morgan fingerprint density at radius 2 is 2.22 bits per heavy atom. The van der Waals surface area contributed by atoms with Crippen molar-refractivity contribution in [2.24, 2.45) is 11.5 Å². The molecule has 0 bridgehead atoms. The van der Waals surface area contributed by atoms with Crippen molar-refractivity contribution >= 4 is 18.4 Å². The molecule has 0 amide bonds. The molecule has 0 aliphatic rings. The van der Waals surface area contributed by atoms with Gasteiger partial charge in [-0.05, 0) is 0 Å². The van der Waals surface area contributed by atoms with Crippen LogP contribution >= 0.6 is 12.4 Å². The molecule has 0 atom stereocenters. The summed E-state index contributed by atoms with van der Waals surface area (Å²) in [4.78, 5) is 4.52. The number of guanidine groups is 1. The molecule has 56 valence electrons. The van der Waals surface area contributed by atoms with Crippen molar-refractivity contribution in [2.75, 3.05) is 13.2 Å². The molecule has 0 saturated heterocycles. The van der Waals surface area contributed by atoms with E-state index in [1.54, 1.807) is 0 Å². The average molecular weight is 155 g/mol. The fraction of sp³-hybridized carbons (Fsp3) is 0.667. The van der Waals surface area contributed by atoms with E-state index >= 15 is 0 Å². The fourth-order valence-corrected chi connectivity index (χ4v) is 0.188. The molecule has 6 N–H and O–H groups in total. The lowest BCUT2D eigenvalue weighted by Gasteiger charge is -2.00. The van der Waals surface area contributed by atoms with Gasteiger partial charge in [-0.1, -0.05) is 0 Å². The predicted molar refractivity (Wildman–Crippen MR) is 37.3 cm³/mol. The quantitative estimate of drug-likeness (QED) is 0.177. The van der Waals surface area contributed by atoms with E-state index in [1.165, 1.54) is 0 Å². The topological polar surface area (TPSA) is 97.2 Å². The van der Waals surface area contributed by atoms with Gasteiger partial charge in [-0.2, -0.15) is 0 Å². The van der Waals surface area contributed by atoms with Gasteiger partial charge >= 0.3 is 0 Å². The number of hydrogen-bond acceptors (Lipinski definition) is 3. The molecule has 0 heterocycles. The van der Waals surface area contributed by atoms with Gasteiger partial charge in [0.25, 0.3) is 0 Å². The van der Waals surface area contributed by atoms with E-state index in [4.69, 9.17) is 16.9 Å². The lowest BCUT2D eigenvalue weighted by atomic mass is 10.8. The molecule has 0 saturated carbocycles. The van der Waals surface area contributed by atoms with Gasteiger partial charge < -0.3 is 11.5 Å². The van der Waals surface area contributed by atoms with Gasteiger partial charge in [-0.3, -0.25) is 10.2 Å². The van der Waals surface area contributed by atoms with Crippen molar-refractivity contribution in [1.29, 1.82) is 5.41 Å². The normalized spacial score (nSPS) is 7.67. The van der Waals surface area contributed by atoms with Crippen molar-refractivity contribution in [3.05, 3.63) is 0 Å². The van der Waals surface area contributed by atoms with Crippen LogP contribution in [-0.2, 0) is 4.84 Å². The Kier molecular flexibility index (Phi) is 9.39. The van der Waals surface area contributed by atoms with E-state index < -0.39 is 0 Å². The van der Waals surface area contributed by atoms with Gasteiger partial charge in [0, 0.05) is 6.54 Å². The summed E-state index contributed by atoms with van der Waals surface area (Å²) in [5, 5.41) is 6.57. The Labute approximate surface area is 59.6 Å². The van der Waals surface area contributed by atoms with E-state index in [2.05, 4.69) is 10.3 Å². The summed E-state index contributed by atoms with van der Waals surface area (Å²) in [6.45, 7) is 0.778. The maximum atomic E-state index is 6.57. The Hall–Kier alpha value is -0.520. The van der Waals surface area contributed by atoms with E-state index in [-0.39, 0.29) is 18.4 Å². The first-order valence-electron chi connectivity index (χ1n) is 2.19. The molecule has 0 radical (unpaired) electrons. The Balaban J connectivity index is 0. The highest BCUT2D eigenvalue weighted by atomic mass is 35.5. The van der Waals surface area contributed by atoms with Crippen LogP contribution in [0.15, 0.2) is 0 Å². The van der Waals surface area contributed by atoms with Crippen LogP contribution in [0.4, 0.5) is 0 Å². The first kappa shape index (κ1) is 11.3. The van der Waals surface area contributed by atoms with Crippen molar-refractivity contribution in [1.82, 2.24) is 5.48 Å². The molecule has 0 aliphatic carbocycles. The summed E-state index contributed by atoms with van der Waals surface area (Å²) >= 11 is 0. The summed E-state index contributed by atoms with van der Waals surface area (Å²) in [7, 11) is 0. The smallest absolute Gasteiger partial charge is 0.210 e. The molecule has 0 aromatic rings. The zero-order chi connectivity index (χ0) is 6.41. The minimum absolute atomic E-state index is 0. The van der Waals surface area contributed by atoms with E-state index in [1.807, 2.05) is 0 Å². The Bertz CT molecular complexity index is 78.2. The van der Waals surface area contributed by atoms with Gasteiger partial charge in [-0.25, -0.2) is 5.48 Å². The zero-order valence-corrected chi connectivity index (χ0v) is 5.70. The van der Waals surface area contributed by atoms with Crippen molar-refractivity contribution in [2.45, 2.75) is 0 Å². The highest BCUT2D eigenvalue weighted by Gasteiger charge is 1.82. The fourth-order valence-electron chi connectivity index (χ4n) is 0.188. The number of rotatable bonds is 3. The summed E-state index contributed by atoms with van der Waals surface area (Å²) in [6, 6.07) is 0. The van der Waals surface area contributed by atoms with Gasteiger partial charge in [0.1, 0.15) is 0 Å². The van der Waals surface area contributed by atoms with Gasteiger partial charge in [0.15, 0.2) is 0 Å². The summed E-state index contributed by atoms with van der Waals surface area (Å²) in [5.74, 6) is -0.210. The molecule has 0 fully saturated rings. The van der Waals surface area contributed by atoms with Crippen molar-refractivity contribution < 1.29 is 4.84 Å². The molecule has 0 spiro atoms. The van der Waals surface area contributed by atoms with E-state index in [0.717, 1.165) is 0 Å². The van der Waals surface area contributed by atoms with Crippen LogP contribution in [0.25, 0.3) is 0 Å². The third kappa shape index (κ3) is 11.2. The number of halogens is 1. The highest BCUT2D eigenvalue weighted by molar-refractivity contribution is 5.85. The van der Waals surface area contributed by atoms with Crippen LogP contribution in [0.1, 0.15) is 0 Å². The molecule has 0 rings (SSSR count). The SMILES string of the molecule is Cl.N=C(N)NOCCN. The zero-order valence-electron chi connectivity index (χ0n) is 4.89.